The van der Waals surface area contributed by atoms with Crippen molar-refractivity contribution in [1.82, 2.24) is 0 Å². The smallest absolute Gasteiger partial charge is 0.290 e. The number of aliphatic hydroxyl groups excluding tert-OH is 1. The standard InChI is InChI=1S/C31H29ClN2O7/c1-19-15-23(8-10-26(19)34-30(37)24-9-7-22(32)18-25(24)31(34)38)33-29(36)27-16-21(20-5-3-2-4-6-20)17-28(41-27)40-14-13-39-12-11-35/h2-10,15-16,18,21,28,35H,11-14,17H2,1H3,(H,33,36)/t21-,28+/m0/s1. The number of carbonyl (C=O) groups is 3. The van der Waals surface area contributed by atoms with Gasteiger partial charge in [-0.3, -0.25) is 14.4 Å². The van der Waals surface area contributed by atoms with Gasteiger partial charge in [0.2, 0.25) is 6.29 Å². The van der Waals surface area contributed by atoms with Crippen LogP contribution in [-0.2, 0) is 19.0 Å². The van der Waals surface area contributed by atoms with E-state index in [-0.39, 0.29) is 43.7 Å². The maximum Gasteiger partial charge on any atom is 0.290 e. The Morgan fingerprint density at radius 3 is 2.56 bits per heavy atom. The molecule has 0 unspecified atom stereocenters. The second-order valence-corrected chi connectivity index (χ2v) is 10.1. The van der Waals surface area contributed by atoms with E-state index < -0.39 is 24.0 Å². The molecule has 2 N–H and O–H groups in total. The SMILES string of the molecule is Cc1cc(NC(=O)C2=C[C@H](c3ccccc3)C[C@H](OCCOCCO)O2)ccc1N1C(=O)c2ccc(Cl)cc2C1=O. The topological polar surface area (TPSA) is 114 Å². The molecule has 0 spiro atoms. The van der Waals surface area contributed by atoms with Crippen molar-refractivity contribution in [2.45, 2.75) is 25.6 Å². The highest BCUT2D eigenvalue weighted by molar-refractivity contribution is 6.37. The Kier molecular flexibility index (Phi) is 8.80. The largest absolute Gasteiger partial charge is 0.459 e. The first-order chi connectivity index (χ1) is 19.9. The van der Waals surface area contributed by atoms with Gasteiger partial charge in [0.15, 0.2) is 5.76 Å². The molecule has 2 atom stereocenters. The summed E-state index contributed by atoms with van der Waals surface area (Å²) >= 11 is 6.03. The van der Waals surface area contributed by atoms with Crippen molar-refractivity contribution >= 4 is 40.7 Å². The van der Waals surface area contributed by atoms with Gasteiger partial charge in [-0.15, -0.1) is 0 Å². The van der Waals surface area contributed by atoms with Gasteiger partial charge in [-0.2, -0.15) is 0 Å². The van der Waals surface area contributed by atoms with E-state index in [0.29, 0.717) is 33.9 Å². The number of aryl methyl sites for hydroxylation is 1. The number of fused-ring (bicyclic) bond motifs is 1. The van der Waals surface area contributed by atoms with E-state index in [1.807, 2.05) is 30.3 Å². The third kappa shape index (κ3) is 6.34. The lowest BCUT2D eigenvalue weighted by atomic mass is 9.93. The van der Waals surface area contributed by atoms with Crippen LogP contribution >= 0.6 is 11.6 Å². The van der Waals surface area contributed by atoms with E-state index in [2.05, 4.69) is 5.32 Å². The molecular formula is C31H29ClN2O7. The summed E-state index contributed by atoms with van der Waals surface area (Å²) in [5.41, 5.74) is 3.08. The molecule has 2 aliphatic rings. The number of hydrogen-bond donors (Lipinski definition) is 2. The quantitative estimate of drug-likeness (QED) is 0.262. The summed E-state index contributed by atoms with van der Waals surface area (Å²) in [6, 6.07) is 19.3. The van der Waals surface area contributed by atoms with Crippen LogP contribution < -0.4 is 10.2 Å². The predicted molar refractivity (Wildman–Crippen MR) is 153 cm³/mol. The number of carbonyl (C=O) groups excluding carboxylic acids is 3. The highest BCUT2D eigenvalue weighted by atomic mass is 35.5. The lowest BCUT2D eigenvalue weighted by Gasteiger charge is -2.29. The zero-order valence-corrected chi connectivity index (χ0v) is 23.1. The van der Waals surface area contributed by atoms with Crippen molar-refractivity contribution in [3.05, 3.63) is 106 Å². The summed E-state index contributed by atoms with van der Waals surface area (Å²) in [5, 5.41) is 12.1. The molecule has 0 aliphatic carbocycles. The van der Waals surface area contributed by atoms with Gasteiger partial charge in [0.25, 0.3) is 17.7 Å². The van der Waals surface area contributed by atoms with Crippen LogP contribution in [0.1, 0.15) is 44.2 Å². The van der Waals surface area contributed by atoms with Crippen molar-refractivity contribution in [2.75, 3.05) is 36.6 Å². The Morgan fingerprint density at radius 2 is 1.80 bits per heavy atom. The van der Waals surface area contributed by atoms with Crippen LogP contribution in [0.2, 0.25) is 5.02 Å². The Hall–Kier alpha value is -4.02. The number of halogens is 1. The minimum absolute atomic E-state index is 0.0727. The third-order valence-corrected chi connectivity index (χ3v) is 7.06. The van der Waals surface area contributed by atoms with Gasteiger partial charge in [0.05, 0.1) is 43.2 Å². The van der Waals surface area contributed by atoms with Crippen LogP contribution in [0.15, 0.2) is 78.6 Å². The maximum atomic E-state index is 13.3. The molecule has 5 rings (SSSR count). The molecule has 3 amide bonds. The average molecular weight is 577 g/mol. The molecule has 0 radical (unpaired) electrons. The minimum atomic E-state index is -0.671. The van der Waals surface area contributed by atoms with Crippen molar-refractivity contribution < 1.29 is 33.7 Å². The van der Waals surface area contributed by atoms with Crippen molar-refractivity contribution in [3.8, 4) is 0 Å². The molecule has 0 fully saturated rings. The first-order valence-corrected chi connectivity index (χ1v) is 13.6. The number of ether oxygens (including phenoxy) is 3. The second kappa shape index (κ2) is 12.7. The number of amides is 3. The Balaban J connectivity index is 1.31. The number of hydrogen-bond acceptors (Lipinski definition) is 7. The summed E-state index contributed by atoms with van der Waals surface area (Å²) in [6.45, 7) is 2.43. The fraction of sp³-hybridized carbons (Fsp3) is 0.258. The van der Waals surface area contributed by atoms with Gasteiger partial charge in [-0.05, 0) is 60.5 Å². The molecule has 3 aromatic carbocycles. The van der Waals surface area contributed by atoms with Crippen LogP contribution in [0.3, 0.4) is 0 Å². The molecule has 0 bridgehead atoms. The van der Waals surface area contributed by atoms with Gasteiger partial charge in [0, 0.05) is 23.0 Å². The summed E-state index contributed by atoms with van der Waals surface area (Å²) in [6.07, 6.45) is 1.62. The Bertz CT molecular complexity index is 1490. The molecule has 0 aromatic heterocycles. The number of allylic oxidation sites excluding steroid dienone is 1. The van der Waals surface area contributed by atoms with E-state index in [9.17, 15) is 14.4 Å². The zero-order valence-electron chi connectivity index (χ0n) is 22.3. The molecular weight excluding hydrogens is 548 g/mol. The summed E-state index contributed by atoms with van der Waals surface area (Å²) < 4.78 is 17.0. The number of imide groups is 1. The van der Waals surface area contributed by atoms with Gasteiger partial charge >= 0.3 is 0 Å². The number of nitrogens with zero attached hydrogens (tertiary/aromatic N) is 1. The van der Waals surface area contributed by atoms with E-state index >= 15 is 0 Å². The summed E-state index contributed by atoms with van der Waals surface area (Å²) in [5.74, 6) is -1.33. The fourth-order valence-electron chi connectivity index (χ4n) is 4.86. The van der Waals surface area contributed by atoms with E-state index in [4.69, 9.17) is 30.9 Å². The Labute approximate surface area is 242 Å². The zero-order chi connectivity index (χ0) is 28.9. The number of benzene rings is 3. The van der Waals surface area contributed by atoms with E-state index in [0.717, 1.165) is 10.5 Å². The lowest BCUT2D eigenvalue weighted by molar-refractivity contribution is -0.148. The number of rotatable bonds is 10. The molecule has 2 aliphatic heterocycles. The first kappa shape index (κ1) is 28.5. The number of nitrogens with one attached hydrogen (secondary N) is 1. The molecule has 0 saturated heterocycles. The minimum Gasteiger partial charge on any atom is -0.459 e. The van der Waals surface area contributed by atoms with Crippen LogP contribution in [0.25, 0.3) is 0 Å². The highest BCUT2D eigenvalue weighted by Crippen LogP contribution is 2.34. The van der Waals surface area contributed by atoms with Crippen LogP contribution in [0, 0.1) is 6.92 Å². The second-order valence-electron chi connectivity index (χ2n) is 9.63. The van der Waals surface area contributed by atoms with E-state index in [1.165, 1.54) is 6.07 Å². The summed E-state index contributed by atoms with van der Waals surface area (Å²) in [4.78, 5) is 40.4. The molecule has 41 heavy (non-hydrogen) atoms. The van der Waals surface area contributed by atoms with Crippen LogP contribution in [-0.4, -0.2) is 55.5 Å². The Morgan fingerprint density at radius 1 is 1.02 bits per heavy atom. The molecule has 9 nitrogen and oxygen atoms in total. The van der Waals surface area contributed by atoms with Crippen molar-refractivity contribution in [2.24, 2.45) is 0 Å². The van der Waals surface area contributed by atoms with Gasteiger partial charge < -0.3 is 24.6 Å². The molecule has 10 heteroatoms. The van der Waals surface area contributed by atoms with Crippen molar-refractivity contribution in [1.29, 1.82) is 0 Å². The normalized spacial score (nSPS) is 18.1. The van der Waals surface area contributed by atoms with Crippen molar-refractivity contribution in [3.63, 3.8) is 0 Å². The van der Waals surface area contributed by atoms with Gasteiger partial charge in [-0.25, -0.2) is 4.90 Å². The molecule has 212 valence electrons. The molecule has 0 saturated carbocycles. The predicted octanol–water partition coefficient (Wildman–Crippen LogP) is 4.83. The monoisotopic (exact) mass is 576 g/mol. The third-order valence-electron chi connectivity index (χ3n) is 6.82. The number of anilines is 2. The summed E-state index contributed by atoms with van der Waals surface area (Å²) in [7, 11) is 0. The fourth-order valence-corrected chi connectivity index (χ4v) is 5.04. The van der Waals surface area contributed by atoms with E-state index in [1.54, 1.807) is 43.3 Å². The van der Waals surface area contributed by atoms with Gasteiger partial charge in [-0.1, -0.05) is 41.9 Å². The van der Waals surface area contributed by atoms with Gasteiger partial charge in [0.1, 0.15) is 0 Å². The highest BCUT2D eigenvalue weighted by Gasteiger charge is 2.37. The number of aliphatic hydroxyl groups is 1. The average Bonchev–Trinajstić information content (AvgIpc) is 3.22. The van der Waals surface area contributed by atoms with Crippen LogP contribution in [0.4, 0.5) is 11.4 Å². The maximum absolute atomic E-state index is 13.3. The molecule has 2 heterocycles. The molecule has 3 aromatic rings. The van der Waals surface area contributed by atoms with Crippen LogP contribution in [0.5, 0.6) is 0 Å². The first-order valence-electron chi connectivity index (χ1n) is 13.2. The lowest BCUT2D eigenvalue weighted by Crippen LogP contribution is -2.31.